The molecule has 0 amide bonds. The quantitative estimate of drug-likeness (QED) is 0.146. The van der Waals surface area contributed by atoms with E-state index in [1.165, 1.54) is 22.3 Å². The second-order valence-corrected chi connectivity index (χ2v) is 19.9. The number of aliphatic imine (C=N–C) groups is 4. The van der Waals surface area contributed by atoms with Gasteiger partial charge >= 0.3 is 0 Å². The van der Waals surface area contributed by atoms with E-state index in [4.69, 9.17) is 20.0 Å². The first kappa shape index (κ1) is 41.9. The smallest absolute Gasteiger partial charge is 0.176 e. The van der Waals surface area contributed by atoms with E-state index in [0.717, 1.165) is 33.2 Å². The third-order valence-electron chi connectivity index (χ3n) is 10.8. The highest BCUT2D eigenvalue weighted by molar-refractivity contribution is 6.51. The first-order valence-electron chi connectivity index (χ1n) is 20.9. The van der Waals surface area contributed by atoms with E-state index in [9.17, 15) is 0 Å². The Bertz CT molecular complexity index is 2250. The van der Waals surface area contributed by atoms with E-state index in [1.54, 1.807) is 0 Å². The monoisotopic (exact) mass is 796 g/mol. The van der Waals surface area contributed by atoms with Gasteiger partial charge < -0.3 is 21.3 Å². The maximum absolute atomic E-state index is 5.02. The van der Waals surface area contributed by atoms with Crippen LogP contribution in [0.5, 0.6) is 0 Å². The lowest BCUT2D eigenvalue weighted by Crippen LogP contribution is -2.27. The summed E-state index contributed by atoms with van der Waals surface area (Å²) < 4.78 is 0. The molecule has 0 aromatic heterocycles. The van der Waals surface area contributed by atoms with E-state index in [-0.39, 0.29) is 21.7 Å². The van der Waals surface area contributed by atoms with Crippen molar-refractivity contribution in [3.8, 4) is 0 Å². The SMILES string of the molecule is CC(C)(C)c1ccc(NC2=NC(=c3ccc(=C4N=C(Nc5ccc(C(C)(C)C)cc5)C(Nc5ccc(C(C)(C)C)cc5)=N4)cc3)N=C2Nc2ccc(C(C)(C)C)cc2)cc1. The lowest BCUT2D eigenvalue weighted by Gasteiger charge is -2.20. The molecule has 5 aromatic carbocycles. The lowest BCUT2D eigenvalue weighted by molar-refractivity contribution is 0.590. The molecule has 8 nitrogen and oxygen atoms in total. The number of nitrogens with zero attached hydrogens (tertiary/aromatic N) is 4. The van der Waals surface area contributed by atoms with Gasteiger partial charge in [0.15, 0.2) is 35.0 Å². The van der Waals surface area contributed by atoms with Crippen molar-refractivity contribution in [3.05, 3.63) is 154 Å². The number of benzene rings is 5. The van der Waals surface area contributed by atoms with Gasteiger partial charge in [0.05, 0.1) is 0 Å². The first-order valence-corrected chi connectivity index (χ1v) is 20.9. The van der Waals surface area contributed by atoms with Crippen LogP contribution in [0.15, 0.2) is 141 Å². The van der Waals surface area contributed by atoms with E-state index < -0.39 is 0 Å². The molecule has 60 heavy (non-hydrogen) atoms. The highest BCUT2D eigenvalue weighted by atomic mass is 15.2. The number of hydrogen-bond acceptors (Lipinski definition) is 8. The fourth-order valence-corrected chi connectivity index (χ4v) is 6.82. The summed E-state index contributed by atoms with van der Waals surface area (Å²) in [5, 5.41) is 15.9. The maximum Gasteiger partial charge on any atom is 0.176 e. The molecule has 0 fully saturated rings. The Hall–Kier alpha value is -6.28. The van der Waals surface area contributed by atoms with Crippen LogP contribution in [-0.4, -0.2) is 23.3 Å². The summed E-state index contributed by atoms with van der Waals surface area (Å²) in [5.74, 6) is 3.80. The van der Waals surface area contributed by atoms with Crippen LogP contribution >= 0.6 is 0 Å². The minimum absolute atomic E-state index is 0.0597. The highest BCUT2D eigenvalue weighted by Gasteiger charge is 2.23. The molecular weight excluding hydrogens is 737 g/mol. The van der Waals surface area contributed by atoms with Gasteiger partial charge in [0.1, 0.15) is 0 Å². The summed E-state index contributed by atoms with van der Waals surface area (Å²) in [6.07, 6.45) is 0. The normalized spacial score (nSPS) is 14.7. The zero-order valence-electron chi connectivity index (χ0n) is 37.3. The fraction of sp³-hybridized carbons (Fsp3) is 0.308. The topological polar surface area (TPSA) is 97.6 Å². The second kappa shape index (κ2) is 16.1. The maximum atomic E-state index is 5.02. The van der Waals surface area contributed by atoms with Gasteiger partial charge in [-0.05, 0) is 92.4 Å². The highest BCUT2D eigenvalue weighted by Crippen LogP contribution is 2.28. The molecule has 0 aliphatic carbocycles. The summed E-state index contributed by atoms with van der Waals surface area (Å²) in [7, 11) is 0. The van der Waals surface area contributed by atoms with E-state index in [0.29, 0.717) is 35.0 Å². The second-order valence-electron chi connectivity index (χ2n) is 19.9. The predicted octanol–water partition coefficient (Wildman–Crippen LogP) is 11.1. The molecule has 2 heterocycles. The van der Waals surface area contributed by atoms with E-state index in [1.807, 2.05) is 24.3 Å². The third kappa shape index (κ3) is 9.94. The van der Waals surface area contributed by atoms with Crippen LogP contribution in [0.1, 0.15) is 105 Å². The van der Waals surface area contributed by atoms with Crippen molar-refractivity contribution < 1.29 is 0 Å². The van der Waals surface area contributed by atoms with Gasteiger partial charge in [-0.25, -0.2) is 20.0 Å². The van der Waals surface area contributed by atoms with Gasteiger partial charge in [0, 0.05) is 33.2 Å². The molecule has 5 aromatic rings. The molecular formula is C52H60N8. The van der Waals surface area contributed by atoms with E-state index in [2.05, 4.69) is 201 Å². The van der Waals surface area contributed by atoms with Crippen molar-refractivity contribution in [3.63, 3.8) is 0 Å². The largest absolute Gasteiger partial charge is 0.337 e. The van der Waals surface area contributed by atoms with Crippen molar-refractivity contribution in [2.45, 2.75) is 105 Å². The molecule has 0 atom stereocenters. The summed E-state index contributed by atoms with van der Waals surface area (Å²) in [6, 6.07) is 42.2. The Balaban J connectivity index is 1.23. The number of nitrogens with one attached hydrogen (secondary N) is 4. The number of rotatable bonds is 4. The average molecular weight is 797 g/mol. The van der Waals surface area contributed by atoms with Crippen molar-refractivity contribution in [1.29, 1.82) is 0 Å². The zero-order chi connectivity index (χ0) is 43.0. The molecule has 7 rings (SSSR count). The Kier molecular flexibility index (Phi) is 11.2. The molecule has 2 aliphatic heterocycles. The molecule has 0 bridgehead atoms. The number of anilines is 4. The van der Waals surface area contributed by atoms with Crippen LogP contribution in [0, 0.1) is 0 Å². The molecule has 0 saturated carbocycles. The summed E-state index contributed by atoms with van der Waals surface area (Å²) in [6.45, 7) is 26.6. The van der Waals surface area contributed by atoms with Gasteiger partial charge in [-0.2, -0.15) is 0 Å². The summed E-state index contributed by atoms with van der Waals surface area (Å²) >= 11 is 0. The Labute approximate surface area is 356 Å². The standard InChI is InChI=1S/C52H60N8/c1-49(2,3)35-17-25-39(26-18-35)53-45-46(54-40-27-19-36(20-28-40)50(4,5)6)58-43(57-45)33-13-15-34(16-14-33)44-59-47(55-41-29-21-37(22-30-41)51(7,8)9)48(60-44)56-42-31-23-38(24-32-42)52(10,11)12/h13-32H,1-12H3,(H,53,57)(H,54,58)(H,55,59)(H,56,60). The molecule has 0 spiro atoms. The van der Waals surface area contributed by atoms with Crippen molar-refractivity contribution in [1.82, 2.24) is 0 Å². The average Bonchev–Trinajstić information content (AvgIpc) is 3.77. The fourth-order valence-electron chi connectivity index (χ4n) is 6.82. The Morgan fingerprint density at radius 2 is 0.450 bits per heavy atom. The van der Waals surface area contributed by atoms with Gasteiger partial charge in [-0.15, -0.1) is 0 Å². The lowest BCUT2D eigenvalue weighted by atomic mass is 9.87. The molecule has 8 heteroatoms. The molecule has 0 radical (unpaired) electrons. The van der Waals surface area contributed by atoms with Crippen LogP contribution < -0.4 is 31.7 Å². The Morgan fingerprint density at radius 3 is 0.617 bits per heavy atom. The zero-order valence-corrected chi connectivity index (χ0v) is 37.3. The van der Waals surface area contributed by atoms with Gasteiger partial charge in [0.25, 0.3) is 0 Å². The van der Waals surface area contributed by atoms with Crippen LogP contribution in [0.25, 0.3) is 11.6 Å². The summed E-state index contributed by atoms with van der Waals surface area (Å²) in [4.78, 5) is 20.1. The predicted molar refractivity (Wildman–Crippen MR) is 257 cm³/mol. The van der Waals surface area contributed by atoms with Gasteiger partial charge in [-0.1, -0.05) is 156 Å². The van der Waals surface area contributed by atoms with Crippen LogP contribution in [-0.2, 0) is 21.7 Å². The van der Waals surface area contributed by atoms with Gasteiger partial charge in [-0.3, -0.25) is 0 Å². The third-order valence-corrected chi connectivity index (χ3v) is 10.8. The van der Waals surface area contributed by atoms with Crippen molar-refractivity contribution in [2.24, 2.45) is 20.0 Å². The van der Waals surface area contributed by atoms with Crippen LogP contribution in [0.2, 0.25) is 0 Å². The van der Waals surface area contributed by atoms with E-state index >= 15 is 0 Å². The molecule has 0 unspecified atom stereocenters. The van der Waals surface area contributed by atoms with Crippen molar-refractivity contribution in [2.75, 3.05) is 21.3 Å². The minimum atomic E-state index is 0.0597. The van der Waals surface area contributed by atoms with Crippen LogP contribution in [0.3, 0.4) is 0 Å². The molecule has 2 aliphatic rings. The van der Waals surface area contributed by atoms with Gasteiger partial charge in [0.2, 0.25) is 0 Å². The molecule has 308 valence electrons. The molecule has 0 saturated heterocycles. The van der Waals surface area contributed by atoms with Crippen LogP contribution in [0.4, 0.5) is 22.7 Å². The first-order chi connectivity index (χ1) is 28.2. The number of hydrogen-bond donors (Lipinski definition) is 4. The Morgan fingerprint density at radius 1 is 0.267 bits per heavy atom. The molecule has 4 N–H and O–H groups in total. The van der Waals surface area contributed by atoms with Crippen molar-refractivity contribution >= 4 is 57.7 Å². The summed E-state index contributed by atoms with van der Waals surface area (Å²) in [5.41, 5.74) is 9.06. The number of amidine groups is 4. The minimum Gasteiger partial charge on any atom is -0.337 e.